The van der Waals surface area contributed by atoms with Crippen LogP contribution in [0.2, 0.25) is 0 Å². The van der Waals surface area contributed by atoms with Gasteiger partial charge in [-0.1, -0.05) is 20.3 Å². The van der Waals surface area contributed by atoms with E-state index in [0.717, 1.165) is 37.3 Å². The van der Waals surface area contributed by atoms with Gasteiger partial charge in [-0.05, 0) is 68.4 Å². The number of hydrogen-bond acceptors (Lipinski definition) is 3. The van der Waals surface area contributed by atoms with Crippen LogP contribution in [-0.2, 0) is 9.47 Å². The highest BCUT2D eigenvalue weighted by atomic mass is 16.7. The fourth-order valence-corrected chi connectivity index (χ4v) is 5.83. The van der Waals surface area contributed by atoms with Crippen molar-refractivity contribution in [3.63, 3.8) is 0 Å². The van der Waals surface area contributed by atoms with Crippen LogP contribution >= 0.6 is 0 Å². The zero-order chi connectivity index (χ0) is 15.2. The van der Waals surface area contributed by atoms with Crippen LogP contribution < -0.4 is 0 Å². The lowest BCUT2D eigenvalue weighted by Crippen LogP contribution is -2.38. The van der Waals surface area contributed by atoms with Crippen LogP contribution in [0.1, 0.15) is 58.8 Å². The molecule has 3 nitrogen and oxygen atoms in total. The standard InChI is InChI=1S/C19H33NO2/c1-19(2)15-7-6-14(10-15)17(19)11-18-21-13-16(22-18)12-20-8-4-3-5-9-20/h14-18H,3-13H2,1-2H3/t14-,15+,16+,17-,18+/m1/s1. The number of fused-ring (bicyclic) bond motifs is 2. The summed E-state index contributed by atoms with van der Waals surface area (Å²) in [5.41, 5.74) is 0.501. The monoisotopic (exact) mass is 307 g/mol. The lowest BCUT2D eigenvalue weighted by Gasteiger charge is -2.39. The molecule has 0 N–H and O–H groups in total. The second kappa shape index (κ2) is 6.07. The van der Waals surface area contributed by atoms with Crippen LogP contribution in [0, 0.1) is 23.2 Å². The highest BCUT2D eigenvalue weighted by molar-refractivity contribution is 5.02. The molecular weight excluding hydrogens is 274 g/mol. The Morgan fingerprint density at radius 2 is 1.91 bits per heavy atom. The van der Waals surface area contributed by atoms with Crippen molar-refractivity contribution in [1.29, 1.82) is 0 Å². The molecular formula is C19H33NO2. The summed E-state index contributed by atoms with van der Waals surface area (Å²) < 4.78 is 12.3. The van der Waals surface area contributed by atoms with Gasteiger partial charge in [-0.15, -0.1) is 0 Å². The maximum atomic E-state index is 6.26. The SMILES string of the molecule is CC1(C)[C@H]2CC[C@H](C2)[C@H]1C[C@H]1OC[C@H](CN2CCCCC2)O1. The second-order valence-electron chi connectivity index (χ2n) is 8.82. The average molecular weight is 307 g/mol. The summed E-state index contributed by atoms with van der Waals surface area (Å²) >= 11 is 0. The van der Waals surface area contributed by atoms with Crippen molar-refractivity contribution in [2.45, 2.75) is 71.2 Å². The van der Waals surface area contributed by atoms with Gasteiger partial charge in [0, 0.05) is 13.0 Å². The van der Waals surface area contributed by atoms with E-state index in [1.807, 2.05) is 0 Å². The molecule has 3 heteroatoms. The zero-order valence-electron chi connectivity index (χ0n) is 14.4. The average Bonchev–Trinajstić information content (AvgIpc) is 3.19. The van der Waals surface area contributed by atoms with Gasteiger partial charge in [0.05, 0.1) is 12.7 Å². The number of nitrogens with zero attached hydrogens (tertiary/aromatic N) is 1. The Morgan fingerprint density at radius 3 is 2.64 bits per heavy atom. The number of likely N-dealkylation sites (tertiary alicyclic amines) is 1. The first-order chi connectivity index (χ1) is 10.6. The number of ether oxygens (including phenoxy) is 2. The first-order valence-electron chi connectivity index (χ1n) is 9.62. The molecule has 2 aliphatic heterocycles. The fraction of sp³-hybridized carbons (Fsp3) is 1.00. The second-order valence-corrected chi connectivity index (χ2v) is 8.82. The third kappa shape index (κ3) is 2.85. The summed E-state index contributed by atoms with van der Waals surface area (Å²) in [6.45, 7) is 9.37. The Bertz CT molecular complexity index is 391. The Morgan fingerprint density at radius 1 is 1.09 bits per heavy atom. The van der Waals surface area contributed by atoms with Crippen molar-refractivity contribution in [2.24, 2.45) is 23.2 Å². The molecule has 0 aromatic carbocycles. The van der Waals surface area contributed by atoms with Crippen molar-refractivity contribution < 1.29 is 9.47 Å². The topological polar surface area (TPSA) is 21.7 Å². The Hall–Kier alpha value is -0.120. The summed E-state index contributed by atoms with van der Waals surface area (Å²) in [5, 5.41) is 0. The third-order valence-electron chi connectivity index (χ3n) is 7.22. The maximum Gasteiger partial charge on any atom is 0.158 e. The minimum atomic E-state index is 0.0680. The summed E-state index contributed by atoms with van der Waals surface area (Å²) in [6, 6.07) is 0. The first kappa shape index (κ1) is 15.4. The molecule has 2 heterocycles. The van der Waals surface area contributed by atoms with E-state index in [4.69, 9.17) is 9.47 Å². The maximum absolute atomic E-state index is 6.26. The number of rotatable bonds is 4. The minimum Gasteiger partial charge on any atom is -0.350 e. The van der Waals surface area contributed by atoms with Crippen LogP contribution in [0.3, 0.4) is 0 Å². The molecule has 126 valence electrons. The van der Waals surface area contributed by atoms with E-state index in [0.29, 0.717) is 11.5 Å². The van der Waals surface area contributed by atoms with E-state index in [2.05, 4.69) is 18.7 Å². The molecule has 4 fully saturated rings. The van der Waals surface area contributed by atoms with Crippen LogP contribution in [0.4, 0.5) is 0 Å². The van der Waals surface area contributed by atoms with Gasteiger partial charge in [0.25, 0.3) is 0 Å². The quantitative estimate of drug-likeness (QED) is 0.791. The van der Waals surface area contributed by atoms with Gasteiger partial charge in [-0.25, -0.2) is 0 Å². The summed E-state index contributed by atoms with van der Waals surface area (Å²) in [6.07, 6.45) is 9.99. The van der Waals surface area contributed by atoms with Gasteiger partial charge in [0.2, 0.25) is 0 Å². The molecule has 5 atom stereocenters. The molecule has 0 amide bonds. The van der Waals surface area contributed by atoms with Crippen molar-refractivity contribution >= 4 is 0 Å². The van der Waals surface area contributed by atoms with Crippen molar-refractivity contribution in [2.75, 3.05) is 26.2 Å². The van der Waals surface area contributed by atoms with Gasteiger partial charge in [-0.2, -0.15) is 0 Å². The number of hydrogen-bond donors (Lipinski definition) is 0. The Labute approximate surface area is 135 Å². The van der Waals surface area contributed by atoms with E-state index < -0.39 is 0 Å². The molecule has 0 aromatic rings. The molecule has 4 rings (SSSR count). The smallest absolute Gasteiger partial charge is 0.158 e. The highest BCUT2D eigenvalue weighted by Gasteiger charge is 2.53. The van der Waals surface area contributed by atoms with Crippen molar-refractivity contribution in [1.82, 2.24) is 4.90 Å². The van der Waals surface area contributed by atoms with Gasteiger partial charge in [-0.3, -0.25) is 0 Å². The predicted molar refractivity (Wildman–Crippen MR) is 87.6 cm³/mol. The molecule has 0 aromatic heterocycles. The summed E-state index contributed by atoms with van der Waals surface area (Å²) in [7, 11) is 0. The third-order valence-corrected chi connectivity index (χ3v) is 7.22. The van der Waals surface area contributed by atoms with Gasteiger partial charge >= 0.3 is 0 Å². The molecule has 0 unspecified atom stereocenters. The predicted octanol–water partition coefficient (Wildman–Crippen LogP) is 3.68. The van der Waals surface area contributed by atoms with Gasteiger partial charge in [0.1, 0.15) is 0 Å². The molecule has 2 aliphatic carbocycles. The van der Waals surface area contributed by atoms with Gasteiger partial charge in [0.15, 0.2) is 6.29 Å². The van der Waals surface area contributed by atoms with E-state index in [9.17, 15) is 0 Å². The van der Waals surface area contributed by atoms with Crippen LogP contribution in [0.5, 0.6) is 0 Å². The molecule has 22 heavy (non-hydrogen) atoms. The van der Waals surface area contributed by atoms with Gasteiger partial charge < -0.3 is 14.4 Å². The van der Waals surface area contributed by atoms with Crippen LogP contribution in [0.15, 0.2) is 0 Å². The van der Waals surface area contributed by atoms with Crippen molar-refractivity contribution in [3.05, 3.63) is 0 Å². The fourth-order valence-electron chi connectivity index (χ4n) is 5.83. The lowest BCUT2D eigenvalue weighted by molar-refractivity contribution is -0.0909. The molecule has 2 bridgehead atoms. The Kier molecular flexibility index (Phi) is 4.25. The van der Waals surface area contributed by atoms with E-state index >= 15 is 0 Å². The number of piperidine rings is 1. The molecule has 4 aliphatic rings. The minimum absolute atomic E-state index is 0.0680. The first-order valence-corrected chi connectivity index (χ1v) is 9.62. The van der Waals surface area contributed by atoms with Crippen LogP contribution in [0.25, 0.3) is 0 Å². The van der Waals surface area contributed by atoms with Crippen LogP contribution in [-0.4, -0.2) is 43.5 Å². The van der Waals surface area contributed by atoms with Crippen molar-refractivity contribution in [3.8, 4) is 0 Å². The summed E-state index contributed by atoms with van der Waals surface area (Å²) in [4.78, 5) is 2.57. The van der Waals surface area contributed by atoms with E-state index in [1.165, 1.54) is 51.6 Å². The molecule has 0 radical (unpaired) electrons. The lowest BCUT2D eigenvalue weighted by atomic mass is 9.67. The molecule has 2 saturated carbocycles. The van der Waals surface area contributed by atoms with E-state index in [-0.39, 0.29) is 6.29 Å². The largest absolute Gasteiger partial charge is 0.350 e. The Balaban J connectivity index is 1.28. The normalized spacial score (nSPS) is 44.7. The molecule has 0 spiro atoms. The highest BCUT2D eigenvalue weighted by Crippen LogP contribution is 2.60. The van der Waals surface area contributed by atoms with E-state index in [1.54, 1.807) is 0 Å². The summed E-state index contributed by atoms with van der Waals surface area (Å²) in [5.74, 6) is 2.70. The molecule has 2 saturated heterocycles. The zero-order valence-corrected chi connectivity index (χ0v) is 14.4.